The van der Waals surface area contributed by atoms with Crippen LogP contribution in [0.25, 0.3) is 21.9 Å². The lowest BCUT2D eigenvalue weighted by molar-refractivity contribution is 0.102. The lowest BCUT2D eigenvalue weighted by Gasteiger charge is -2.11. The fraction of sp³-hybridized carbons (Fsp3) is 0.0435. The predicted molar refractivity (Wildman–Crippen MR) is 106 cm³/mol. The molecule has 0 saturated heterocycles. The van der Waals surface area contributed by atoms with Gasteiger partial charge in [0.15, 0.2) is 0 Å². The summed E-state index contributed by atoms with van der Waals surface area (Å²) >= 11 is 0. The molecule has 27 heavy (non-hydrogen) atoms. The Bertz CT molecular complexity index is 1140. The van der Waals surface area contributed by atoms with Gasteiger partial charge in [-0.05, 0) is 77.5 Å². The second kappa shape index (κ2) is 7.00. The summed E-state index contributed by atoms with van der Waals surface area (Å²) in [6, 6.07) is 19.5. The van der Waals surface area contributed by atoms with Gasteiger partial charge in [0.25, 0.3) is 5.91 Å². The van der Waals surface area contributed by atoms with Crippen LogP contribution < -0.4 is 5.32 Å². The van der Waals surface area contributed by atoms with Crippen molar-refractivity contribution in [3.8, 4) is 11.1 Å². The Morgan fingerprint density at radius 3 is 2.56 bits per heavy atom. The quantitative estimate of drug-likeness (QED) is 0.519. The van der Waals surface area contributed by atoms with Crippen molar-refractivity contribution in [3.63, 3.8) is 0 Å². The minimum atomic E-state index is -0.366. The first kappa shape index (κ1) is 16.9. The van der Waals surface area contributed by atoms with E-state index in [0.717, 1.165) is 27.5 Å². The second-order valence-electron chi connectivity index (χ2n) is 6.43. The molecule has 4 aromatic rings. The maximum atomic E-state index is 13.0. The molecule has 4 rings (SSSR count). The van der Waals surface area contributed by atoms with E-state index in [4.69, 9.17) is 0 Å². The first-order chi connectivity index (χ1) is 13.1. The number of benzene rings is 3. The molecule has 1 heterocycles. The summed E-state index contributed by atoms with van der Waals surface area (Å²) in [6.45, 7) is 2.04. The third-order valence-corrected chi connectivity index (χ3v) is 4.55. The summed E-state index contributed by atoms with van der Waals surface area (Å²) in [7, 11) is 0. The first-order valence-electron chi connectivity index (χ1n) is 8.62. The molecule has 0 fully saturated rings. The number of fused-ring (bicyclic) bond motifs is 1. The third kappa shape index (κ3) is 3.55. The molecule has 0 bridgehead atoms. The predicted octanol–water partition coefficient (Wildman–Crippen LogP) is 5.60. The van der Waals surface area contributed by atoms with Gasteiger partial charge in [-0.15, -0.1) is 0 Å². The summed E-state index contributed by atoms with van der Waals surface area (Å²) in [6.07, 6.45) is 3.62. The van der Waals surface area contributed by atoms with E-state index in [9.17, 15) is 9.18 Å². The number of nitrogens with zero attached hydrogens (tertiary/aromatic N) is 1. The van der Waals surface area contributed by atoms with Crippen molar-refractivity contribution in [2.75, 3.05) is 5.32 Å². The van der Waals surface area contributed by atoms with Crippen molar-refractivity contribution in [2.24, 2.45) is 0 Å². The van der Waals surface area contributed by atoms with Gasteiger partial charge in [-0.25, -0.2) is 4.39 Å². The van der Waals surface area contributed by atoms with E-state index in [0.29, 0.717) is 11.3 Å². The second-order valence-corrected chi connectivity index (χ2v) is 6.43. The lowest BCUT2D eigenvalue weighted by atomic mass is 9.98. The Morgan fingerprint density at radius 2 is 1.74 bits per heavy atom. The third-order valence-electron chi connectivity index (χ3n) is 4.55. The van der Waals surface area contributed by atoms with Gasteiger partial charge < -0.3 is 5.32 Å². The van der Waals surface area contributed by atoms with Crippen LogP contribution >= 0.6 is 0 Å². The number of aromatic nitrogens is 1. The topological polar surface area (TPSA) is 42.0 Å². The number of nitrogens with one attached hydrogen (secondary N) is 1. The zero-order chi connectivity index (χ0) is 18.8. The Balaban J connectivity index is 1.66. The van der Waals surface area contributed by atoms with Crippen LogP contribution in [0, 0.1) is 12.7 Å². The molecule has 1 amide bonds. The number of rotatable bonds is 3. The van der Waals surface area contributed by atoms with Crippen LogP contribution in [0.2, 0.25) is 0 Å². The number of carbonyl (C=O) groups is 1. The summed E-state index contributed by atoms with van der Waals surface area (Å²) < 4.78 is 13.0. The first-order valence-corrected chi connectivity index (χ1v) is 8.62. The average Bonchev–Trinajstić information content (AvgIpc) is 2.69. The SMILES string of the molecule is Cc1ccc(NC(=O)c2ccc(F)cc2)cc1-c1ccc2ccncc2c1. The molecule has 132 valence electrons. The van der Waals surface area contributed by atoms with Gasteiger partial charge in [0.2, 0.25) is 0 Å². The van der Waals surface area contributed by atoms with E-state index >= 15 is 0 Å². The number of amides is 1. The maximum absolute atomic E-state index is 13.0. The molecule has 4 heteroatoms. The molecule has 0 aliphatic carbocycles. The number of halogens is 1. The van der Waals surface area contributed by atoms with Gasteiger partial charge in [0.1, 0.15) is 5.82 Å². The molecule has 0 saturated carbocycles. The van der Waals surface area contributed by atoms with Crippen LogP contribution in [0.3, 0.4) is 0 Å². The fourth-order valence-electron chi connectivity index (χ4n) is 3.07. The average molecular weight is 356 g/mol. The van der Waals surface area contributed by atoms with E-state index in [1.165, 1.54) is 24.3 Å². The van der Waals surface area contributed by atoms with Crippen molar-refractivity contribution in [1.82, 2.24) is 4.98 Å². The zero-order valence-electron chi connectivity index (χ0n) is 14.7. The molecule has 0 aliphatic heterocycles. The molecule has 0 spiro atoms. The molecule has 0 unspecified atom stereocenters. The van der Waals surface area contributed by atoms with Crippen molar-refractivity contribution < 1.29 is 9.18 Å². The van der Waals surface area contributed by atoms with E-state index in [1.807, 2.05) is 37.4 Å². The van der Waals surface area contributed by atoms with Gasteiger partial charge >= 0.3 is 0 Å². The van der Waals surface area contributed by atoms with Crippen LogP contribution in [0.5, 0.6) is 0 Å². The summed E-state index contributed by atoms with van der Waals surface area (Å²) in [4.78, 5) is 16.6. The van der Waals surface area contributed by atoms with Crippen LogP contribution in [-0.2, 0) is 0 Å². The monoisotopic (exact) mass is 356 g/mol. The highest BCUT2D eigenvalue weighted by Gasteiger charge is 2.09. The van der Waals surface area contributed by atoms with E-state index < -0.39 is 0 Å². The summed E-state index contributed by atoms with van der Waals surface area (Å²) in [5.41, 5.74) is 4.31. The highest BCUT2D eigenvalue weighted by molar-refractivity contribution is 6.04. The standard InChI is InChI=1S/C23H17FN2O/c1-15-2-9-21(26-23(27)17-5-7-20(24)8-6-17)13-22(15)18-4-3-16-10-11-25-14-19(16)12-18/h2-14H,1H3,(H,26,27). The Labute approximate surface area is 156 Å². The lowest BCUT2D eigenvalue weighted by Crippen LogP contribution is -2.11. The van der Waals surface area contributed by atoms with Gasteiger partial charge in [-0.3, -0.25) is 9.78 Å². The van der Waals surface area contributed by atoms with Gasteiger partial charge in [-0.2, -0.15) is 0 Å². The van der Waals surface area contributed by atoms with Crippen molar-refractivity contribution in [2.45, 2.75) is 6.92 Å². The van der Waals surface area contributed by atoms with Crippen LogP contribution in [0.4, 0.5) is 10.1 Å². The molecule has 3 aromatic carbocycles. The summed E-state index contributed by atoms with van der Waals surface area (Å²) in [5.74, 6) is -0.637. The van der Waals surface area contributed by atoms with Crippen LogP contribution in [0.1, 0.15) is 15.9 Å². The number of carbonyl (C=O) groups excluding carboxylic acids is 1. The van der Waals surface area contributed by atoms with Crippen LogP contribution in [0.15, 0.2) is 79.1 Å². The van der Waals surface area contributed by atoms with Crippen LogP contribution in [-0.4, -0.2) is 10.9 Å². The molecule has 0 aliphatic rings. The molecule has 0 atom stereocenters. The molecular weight excluding hydrogens is 339 g/mol. The number of pyridine rings is 1. The van der Waals surface area contributed by atoms with E-state index in [-0.39, 0.29) is 11.7 Å². The molecule has 0 radical (unpaired) electrons. The molecule has 3 nitrogen and oxygen atoms in total. The highest BCUT2D eigenvalue weighted by Crippen LogP contribution is 2.29. The van der Waals surface area contributed by atoms with E-state index in [1.54, 1.807) is 6.20 Å². The smallest absolute Gasteiger partial charge is 0.255 e. The number of hydrogen-bond donors (Lipinski definition) is 1. The Kier molecular flexibility index (Phi) is 4.38. The van der Waals surface area contributed by atoms with Crippen molar-refractivity contribution >= 4 is 22.4 Å². The minimum absolute atomic E-state index is 0.271. The summed E-state index contributed by atoms with van der Waals surface area (Å²) in [5, 5.41) is 5.08. The van der Waals surface area contributed by atoms with Gasteiger partial charge in [0.05, 0.1) is 0 Å². The number of hydrogen-bond acceptors (Lipinski definition) is 2. The van der Waals surface area contributed by atoms with Crippen molar-refractivity contribution in [3.05, 3.63) is 96.1 Å². The maximum Gasteiger partial charge on any atom is 0.255 e. The zero-order valence-corrected chi connectivity index (χ0v) is 14.7. The van der Waals surface area contributed by atoms with Gasteiger partial charge in [-0.1, -0.05) is 18.2 Å². The van der Waals surface area contributed by atoms with Gasteiger partial charge in [0, 0.05) is 29.0 Å². The molecule has 1 aromatic heterocycles. The van der Waals surface area contributed by atoms with E-state index in [2.05, 4.69) is 28.5 Å². The Morgan fingerprint density at radius 1 is 0.926 bits per heavy atom. The number of aryl methyl sites for hydroxylation is 1. The molecule has 1 N–H and O–H groups in total. The Hall–Kier alpha value is -3.53. The normalized spacial score (nSPS) is 10.7. The largest absolute Gasteiger partial charge is 0.322 e. The number of anilines is 1. The molecular formula is C23H17FN2O. The van der Waals surface area contributed by atoms with Crippen molar-refractivity contribution in [1.29, 1.82) is 0 Å². The highest BCUT2D eigenvalue weighted by atomic mass is 19.1. The fourth-order valence-corrected chi connectivity index (χ4v) is 3.07. The minimum Gasteiger partial charge on any atom is -0.322 e.